The summed E-state index contributed by atoms with van der Waals surface area (Å²) in [5, 5.41) is 2.79. The van der Waals surface area contributed by atoms with Gasteiger partial charge in [0.15, 0.2) is 5.76 Å². The fourth-order valence-corrected chi connectivity index (χ4v) is 2.40. The van der Waals surface area contributed by atoms with Gasteiger partial charge in [0.25, 0.3) is 5.91 Å². The molecule has 3 rings (SSSR count). The van der Waals surface area contributed by atoms with Crippen molar-refractivity contribution >= 4 is 5.91 Å². The number of carbonyl (C=O) groups excluding carboxylic acids is 1. The minimum Gasteiger partial charge on any atom is -0.456 e. The summed E-state index contributed by atoms with van der Waals surface area (Å²) >= 11 is 0. The van der Waals surface area contributed by atoms with Crippen molar-refractivity contribution in [3.63, 3.8) is 0 Å². The van der Waals surface area contributed by atoms with Crippen LogP contribution in [0.3, 0.4) is 0 Å². The number of furan rings is 1. The highest BCUT2D eigenvalue weighted by Crippen LogP contribution is 2.23. The molecule has 5 nitrogen and oxygen atoms in total. The molecule has 0 fully saturated rings. The average molecular weight is 313 g/mol. The van der Waals surface area contributed by atoms with E-state index in [9.17, 15) is 9.18 Å². The van der Waals surface area contributed by atoms with Crippen LogP contribution in [0.5, 0.6) is 0 Å². The minimum atomic E-state index is -0.714. The van der Waals surface area contributed by atoms with E-state index in [0.29, 0.717) is 17.1 Å². The van der Waals surface area contributed by atoms with Crippen molar-refractivity contribution in [2.45, 2.75) is 13.0 Å². The number of carbonyl (C=O) groups is 1. The van der Waals surface area contributed by atoms with Crippen molar-refractivity contribution in [3.05, 3.63) is 77.5 Å². The van der Waals surface area contributed by atoms with Crippen molar-refractivity contribution in [1.82, 2.24) is 14.9 Å². The summed E-state index contributed by atoms with van der Waals surface area (Å²) in [5.74, 6) is 0.519. The molecule has 0 aliphatic rings. The third-order valence-electron chi connectivity index (χ3n) is 3.57. The highest BCUT2D eigenvalue weighted by atomic mass is 19.1. The van der Waals surface area contributed by atoms with E-state index in [1.165, 1.54) is 6.07 Å². The molecule has 23 heavy (non-hydrogen) atoms. The van der Waals surface area contributed by atoms with Crippen LogP contribution in [0.4, 0.5) is 4.39 Å². The van der Waals surface area contributed by atoms with E-state index in [0.717, 1.165) is 0 Å². The van der Waals surface area contributed by atoms with Crippen LogP contribution in [0, 0.1) is 12.7 Å². The molecule has 0 spiro atoms. The van der Waals surface area contributed by atoms with Crippen LogP contribution in [0.2, 0.25) is 0 Å². The summed E-state index contributed by atoms with van der Waals surface area (Å²) < 4.78 is 21.3. The Kier molecular flexibility index (Phi) is 3.97. The average Bonchev–Trinajstić information content (AvgIpc) is 3.14. The number of rotatable bonds is 4. The van der Waals surface area contributed by atoms with Gasteiger partial charge in [-0.1, -0.05) is 18.2 Å². The van der Waals surface area contributed by atoms with Crippen molar-refractivity contribution in [3.8, 4) is 0 Å². The lowest BCUT2D eigenvalue weighted by Crippen LogP contribution is -2.31. The molecule has 118 valence electrons. The standard InChI is InChI=1S/C17H16FN3O2/c1-11-7-8-14(23-11)17(22)20-15(16-19-9-10-21(16)2)12-5-3-4-6-13(12)18/h3-10,15H,1-2H3,(H,20,22)/t15-/m1/s1. The molecular weight excluding hydrogens is 297 g/mol. The van der Waals surface area contributed by atoms with Gasteiger partial charge in [0, 0.05) is 25.0 Å². The Morgan fingerprint density at radius 1 is 1.30 bits per heavy atom. The Labute approximate surface area is 132 Å². The summed E-state index contributed by atoms with van der Waals surface area (Å²) in [6.07, 6.45) is 3.35. The molecule has 0 saturated carbocycles. The molecule has 1 N–H and O–H groups in total. The highest BCUT2D eigenvalue weighted by Gasteiger charge is 2.25. The first-order chi connectivity index (χ1) is 11.1. The molecule has 6 heteroatoms. The first-order valence-corrected chi connectivity index (χ1v) is 7.15. The Morgan fingerprint density at radius 2 is 2.09 bits per heavy atom. The van der Waals surface area contributed by atoms with Crippen molar-refractivity contribution in [2.75, 3.05) is 0 Å². The van der Waals surface area contributed by atoms with Crippen LogP contribution in [0.25, 0.3) is 0 Å². The van der Waals surface area contributed by atoms with Gasteiger partial charge in [-0.2, -0.15) is 0 Å². The molecule has 1 atom stereocenters. The molecule has 0 aliphatic heterocycles. The van der Waals surface area contributed by atoms with Gasteiger partial charge >= 0.3 is 0 Å². The van der Waals surface area contributed by atoms with Gasteiger partial charge < -0.3 is 14.3 Å². The fraction of sp³-hybridized carbons (Fsp3) is 0.176. The van der Waals surface area contributed by atoms with Gasteiger partial charge in [0.2, 0.25) is 0 Å². The number of nitrogens with one attached hydrogen (secondary N) is 1. The van der Waals surface area contributed by atoms with Gasteiger partial charge in [0.05, 0.1) is 0 Å². The Morgan fingerprint density at radius 3 is 2.70 bits per heavy atom. The van der Waals surface area contributed by atoms with Gasteiger partial charge in [0.1, 0.15) is 23.4 Å². The number of nitrogens with zero attached hydrogens (tertiary/aromatic N) is 2. The maximum Gasteiger partial charge on any atom is 0.287 e. The van der Waals surface area contributed by atoms with Gasteiger partial charge in [-0.3, -0.25) is 4.79 Å². The number of halogens is 1. The second-order valence-electron chi connectivity index (χ2n) is 5.23. The van der Waals surface area contributed by atoms with E-state index in [-0.39, 0.29) is 5.76 Å². The first-order valence-electron chi connectivity index (χ1n) is 7.15. The quantitative estimate of drug-likeness (QED) is 0.805. The van der Waals surface area contributed by atoms with Crippen molar-refractivity contribution in [2.24, 2.45) is 7.05 Å². The second-order valence-corrected chi connectivity index (χ2v) is 5.23. The zero-order valence-corrected chi connectivity index (χ0v) is 12.8. The number of aryl methyl sites for hydroxylation is 2. The summed E-state index contributed by atoms with van der Waals surface area (Å²) in [6.45, 7) is 1.75. The smallest absolute Gasteiger partial charge is 0.287 e. The highest BCUT2D eigenvalue weighted by molar-refractivity contribution is 5.92. The molecule has 0 bridgehead atoms. The summed E-state index contributed by atoms with van der Waals surface area (Å²) in [5.41, 5.74) is 0.346. The monoisotopic (exact) mass is 313 g/mol. The van der Waals surface area contributed by atoms with E-state index in [2.05, 4.69) is 10.3 Å². The Balaban J connectivity index is 1.98. The lowest BCUT2D eigenvalue weighted by atomic mass is 10.1. The molecule has 3 aromatic rings. The van der Waals surface area contributed by atoms with Crippen LogP contribution >= 0.6 is 0 Å². The first kappa shape index (κ1) is 15.0. The lowest BCUT2D eigenvalue weighted by Gasteiger charge is -2.19. The van der Waals surface area contributed by atoms with Crippen molar-refractivity contribution in [1.29, 1.82) is 0 Å². The zero-order chi connectivity index (χ0) is 16.4. The van der Waals surface area contributed by atoms with E-state index >= 15 is 0 Å². The number of aromatic nitrogens is 2. The van der Waals surface area contributed by atoms with Gasteiger partial charge in [-0.15, -0.1) is 0 Å². The number of imidazole rings is 1. The number of amides is 1. The third-order valence-corrected chi connectivity index (χ3v) is 3.57. The fourth-order valence-electron chi connectivity index (χ4n) is 2.40. The molecular formula is C17H16FN3O2. The minimum absolute atomic E-state index is 0.179. The number of hydrogen-bond acceptors (Lipinski definition) is 3. The third kappa shape index (κ3) is 3.01. The molecule has 1 aromatic carbocycles. The molecule has 0 saturated heterocycles. The molecule has 0 unspecified atom stereocenters. The number of hydrogen-bond donors (Lipinski definition) is 1. The number of benzene rings is 1. The van der Waals surface area contributed by atoms with Crippen molar-refractivity contribution < 1.29 is 13.6 Å². The second kappa shape index (κ2) is 6.08. The van der Waals surface area contributed by atoms with E-state index in [1.807, 2.05) is 0 Å². The predicted octanol–water partition coefficient (Wildman–Crippen LogP) is 2.98. The SMILES string of the molecule is Cc1ccc(C(=O)N[C@H](c2ccccc2F)c2nccn2C)o1. The van der Waals surface area contributed by atoms with E-state index in [1.54, 1.807) is 61.3 Å². The van der Waals surface area contributed by atoms with Crippen LogP contribution < -0.4 is 5.32 Å². The molecule has 0 radical (unpaired) electrons. The molecule has 1 amide bonds. The summed E-state index contributed by atoms with van der Waals surface area (Å²) in [4.78, 5) is 16.6. The maximum absolute atomic E-state index is 14.2. The summed E-state index contributed by atoms with van der Waals surface area (Å²) in [7, 11) is 1.79. The molecule has 0 aliphatic carbocycles. The Bertz CT molecular complexity index is 838. The van der Waals surface area contributed by atoms with Crippen LogP contribution in [0.1, 0.15) is 33.7 Å². The summed E-state index contributed by atoms with van der Waals surface area (Å²) in [6, 6.07) is 8.88. The van der Waals surface area contributed by atoms with Crippen LogP contribution in [0.15, 0.2) is 53.2 Å². The Hall–Kier alpha value is -2.89. The topological polar surface area (TPSA) is 60.1 Å². The van der Waals surface area contributed by atoms with Gasteiger partial charge in [-0.25, -0.2) is 9.37 Å². The predicted molar refractivity (Wildman–Crippen MR) is 82.4 cm³/mol. The van der Waals surface area contributed by atoms with Crippen LogP contribution in [-0.4, -0.2) is 15.5 Å². The van der Waals surface area contributed by atoms with Gasteiger partial charge in [-0.05, 0) is 25.1 Å². The van der Waals surface area contributed by atoms with E-state index in [4.69, 9.17) is 4.42 Å². The van der Waals surface area contributed by atoms with E-state index < -0.39 is 17.8 Å². The molecule has 2 aromatic heterocycles. The largest absolute Gasteiger partial charge is 0.456 e. The maximum atomic E-state index is 14.2. The molecule has 2 heterocycles. The normalized spacial score (nSPS) is 12.1. The zero-order valence-electron chi connectivity index (χ0n) is 12.8. The lowest BCUT2D eigenvalue weighted by molar-refractivity contribution is 0.0911. The van der Waals surface area contributed by atoms with Crippen LogP contribution in [-0.2, 0) is 7.05 Å².